The lowest BCUT2D eigenvalue weighted by Gasteiger charge is -2.33. The molecule has 0 unspecified atom stereocenters. The van der Waals surface area contributed by atoms with Gasteiger partial charge in [-0.1, -0.05) is 18.2 Å². The van der Waals surface area contributed by atoms with E-state index in [2.05, 4.69) is 13.0 Å². The van der Waals surface area contributed by atoms with Gasteiger partial charge in [-0.15, -0.1) is 0 Å². The van der Waals surface area contributed by atoms with Gasteiger partial charge in [-0.2, -0.15) is 5.10 Å². The molecule has 0 fully saturated rings. The molecule has 0 saturated carbocycles. The van der Waals surface area contributed by atoms with Crippen LogP contribution in [-0.4, -0.2) is 44.4 Å². The van der Waals surface area contributed by atoms with Crippen molar-refractivity contribution >= 4 is 5.91 Å². The Morgan fingerprint density at radius 1 is 1.32 bits per heavy atom. The van der Waals surface area contributed by atoms with E-state index in [0.717, 1.165) is 41.8 Å². The fourth-order valence-electron chi connectivity index (χ4n) is 3.43. The normalized spacial score (nSPS) is 15.1. The molecule has 1 N–H and O–H groups in total. The maximum Gasteiger partial charge on any atom is 0.274 e. The molecular weight excluding hydrogens is 314 g/mol. The van der Waals surface area contributed by atoms with Crippen molar-refractivity contribution in [1.82, 2.24) is 14.7 Å². The molecule has 5 nitrogen and oxygen atoms in total. The lowest BCUT2D eigenvalue weighted by molar-refractivity contribution is 0.000274. The smallest absolute Gasteiger partial charge is 0.274 e. The van der Waals surface area contributed by atoms with Crippen LogP contribution < -0.4 is 0 Å². The van der Waals surface area contributed by atoms with Gasteiger partial charge in [-0.05, 0) is 58.6 Å². The van der Waals surface area contributed by atoms with Gasteiger partial charge in [-0.25, -0.2) is 4.68 Å². The van der Waals surface area contributed by atoms with E-state index in [1.54, 1.807) is 25.8 Å². The zero-order valence-corrected chi connectivity index (χ0v) is 15.7. The largest absolute Gasteiger partial charge is 0.388 e. The zero-order valence-electron chi connectivity index (χ0n) is 15.7. The van der Waals surface area contributed by atoms with E-state index in [0.29, 0.717) is 5.69 Å². The highest BCUT2D eigenvalue weighted by Gasteiger charge is 2.34. The number of carbonyl (C=O) groups is 1. The Morgan fingerprint density at radius 3 is 2.64 bits per heavy atom. The molecule has 1 aromatic carbocycles. The minimum absolute atomic E-state index is 0.125. The molecule has 1 amide bonds. The fraction of sp³-hybridized carbons (Fsp3) is 0.500. The van der Waals surface area contributed by atoms with Crippen molar-refractivity contribution in [1.29, 1.82) is 0 Å². The molecule has 134 valence electrons. The highest BCUT2D eigenvalue weighted by molar-refractivity contribution is 5.94. The summed E-state index contributed by atoms with van der Waals surface area (Å²) in [6.07, 6.45) is 2.87. The van der Waals surface area contributed by atoms with Gasteiger partial charge in [0, 0.05) is 18.3 Å². The number of aromatic nitrogens is 2. The van der Waals surface area contributed by atoms with Crippen molar-refractivity contribution in [3.05, 3.63) is 46.8 Å². The fourth-order valence-corrected chi connectivity index (χ4v) is 3.43. The zero-order chi connectivity index (χ0) is 18.4. The first-order chi connectivity index (χ1) is 11.7. The van der Waals surface area contributed by atoms with Crippen LogP contribution in [-0.2, 0) is 12.8 Å². The minimum Gasteiger partial charge on any atom is -0.388 e. The van der Waals surface area contributed by atoms with Gasteiger partial charge in [0.05, 0.1) is 17.3 Å². The molecule has 25 heavy (non-hydrogen) atoms. The number of para-hydroxylation sites is 1. The Kier molecular flexibility index (Phi) is 4.45. The summed E-state index contributed by atoms with van der Waals surface area (Å²) in [6.45, 7) is 7.36. The molecule has 1 aliphatic rings. The highest BCUT2D eigenvalue weighted by Crippen LogP contribution is 2.30. The first-order valence-corrected chi connectivity index (χ1v) is 8.88. The summed E-state index contributed by atoms with van der Waals surface area (Å²) in [5, 5.41) is 14.9. The first-order valence-electron chi connectivity index (χ1n) is 8.88. The topological polar surface area (TPSA) is 58.4 Å². The molecule has 2 aromatic rings. The predicted molar refractivity (Wildman–Crippen MR) is 98.2 cm³/mol. The van der Waals surface area contributed by atoms with E-state index in [1.807, 2.05) is 29.8 Å². The lowest BCUT2D eigenvalue weighted by atomic mass is 9.99. The molecule has 1 aromatic heterocycles. The van der Waals surface area contributed by atoms with Crippen molar-refractivity contribution < 1.29 is 9.90 Å². The van der Waals surface area contributed by atoms with Crippen molar-refractivity contribution in [2.75, 3.05) is 7.05 Å². The van der Waals surface area contributed by atoms with Gasteiger partial charge >= 0.3 is 0 Å². The van der Waals surface area contributed by atoms with Gasteiger partial charge < -0.3 is 10.0 Å². The van der Waals surface area contributed by atoms with Gasteiger partial charge in [-0.3, -0.25) is 4.79 Å². The van der Waals surface area contributed by atoms with Gasteiger partial charge in [0.2, 0.25) is 0 Å². The average molecular weight is 341 g/mol. The predicted octanol–water partition coefficient (Wildman–Crippen LogP) is 2.90. The molecular formula is C20H27N3O2. The highest BCUT2D eigenvalue weighted by atomic mass is 16.3. The molecule has 0 aliphatic heterocycles. The van der Waals surface area contributed by atoms with E-state index in [4.69, 9.17) is 5.10 Å². The number of benzene rings is 1. The summed E-state index contributed by atoms with van der Waals surface area (Å²) in [6, 6.07) is 7.80. The molecule has 1 aliphatic carbocycles. The van der Waals surface area contributed by atoms with Crippen LogP contribution in [0.5, 0.6) is 0 Å². The van der Waals surface area contributed by atoms with Crippen LogP contribution in [0.3, 0.4) is 0 Å². The van der Waals surface area contributed by atoms with E-state index in [9.17, 15) is 9.90 Å². The van der Waals surface area contributed by atoms with Crippen LogP contribution in [0.2, 0.25) is 0 Å². The molecule has 0 spiro atoms. The van der Waals surface area contributed by atoms with Crippen molar-refractivity contribution in [3.63, 3.8) is 0 Å². The van der Waals surface area contributed by atoms with Crippen LogP contribution in [0.15, 0.2) is 24.3 Å². The van der Waals surface area contributed by atoms with E-state index >= 15 is 0 Å². The number of rotatable bonds is 4. The number of aliphatic hydroxyl groups is 1. The second-order valence-electron chi connectivity index (χ2n) is 7.57. The Labute approximate surface area is 149 Å². The first kappa shape index (κ1) is 17.7. The third-order valence-electron chi connectivity index (χ3n) is 5.40. The summed E-state index contributed by atoms with van der Waals surface area (Å²) in [7, 11) is 1.74. The number of fused-ring (bicyclic) bond motifs is 1. The molecule has 0 radical (unpaired) electrons. The molecule has 1 atom stereocenters. The second-order valence-corrected chi connectivity index (χ2v) is 7.57. The summed E-state index contributed by atoms with van der Waals surface area (Å²) in [5.74, 6) is -0.125. The monoisotopic (exact) mass is 341 g/mol. The molecule has 0 saturated heterocycles. The maximum absolute atomic E-state index is 13.1. The molecule has 5 heteroatoms. The number of carbonyl (C=O) groups excluding carboxylic acids is 1. The lowest BCUT2D eigenvalue weighted by Crippen LogP contribution is -2.48. The Bertz CT molecular complexity index is 802. The number of likely N-dealkylation sites (N-methyl/N-ethyl adjacent to an activating group) is 1. The summed E-state index contributed by atoms with van der Waals surface area (Å²) in [5.41, 5.74) is 3.92. The van der Waals surface area contributed by atoms with Crippen LogP contribution in [0.1, 0.15) is 54.5 Å². The average Bonchev–Trinajstić information content (AvgIpc) is 3.15. The quantitative estimate of drug-likeness (QED) is 0.930. The third kappa shape index (κ3) is 3.09. The van der Waals surface area contributed by atoms with Gasteiger partial charge in [0.15, 0.2) is 5.69 Å². The Balaban J connectivity index is 2.03. The number of hydrogen-bond donors (Lipinski definition) is 1. The van der Waals surface area contributed by atoms with Gasteiger partial charge in [0.25, 0.3) is 5.91 Å². The van der Waals surface area contributed by atoms with Crippen LogP contribution in [0.25, 0.3) is 5.69 Å². The summed E-state index contributed by atoms with van der Waals surface area (Å²) >= 11 is 0. The van der Waals surface area contributed by atoms with Crippen molar-refractivity contribution in [3.8, 4) is 5.69 Å². The van der Waals surface area contributed by atoms with Gasteiger partial charge in [0.1, 0.15) is 0 Å². The second kappa shape index (κ2) is 6.30. The van der Waals surface area contributed by atoms with Crippen LogP contribution in [0, 0.1) is 6.92 Å². The van der Waals surface area contributed by atoms with Crippen LogP contribution in [0.4, 0.5) is 0 Å². The van der Waals surface area contributed by atoms with Crippen molar-refractivity contribution in [2.24, 2.45) is 0 Å². The van der Waals surface area contributed by atoms with E-state index in [1.165, 1.54) is 0 Å². The van der Waals surface area contributed by atoms with E-state index in [-0.39, 0.29) is 11.9 Å². The maximum atomic E-state index is 13.1. The Morgan fingerprint density at radius 2 is 2.00 bits per heavy atom. The van der Waals surface area contributed by atoms with Crippen molar-refractivity contribution in [2.45, 2.75) is 58.6 Å². The van der Waals surface area contributed by atoms with Crippen LogP contribution >= 0.6 is 0 Å². The SMILES string of the molecule is Cc1ccccc1-n1nc(C(=O)N(C)[C@H](C)C(C)(C)O)c2c1CCC2. The number of hydrogen-bond acceptors (Lipinski definition) is 3. The van der Waals surface area contributed by atoms with E-state index < -0.39 is 5.60 Å². The number of nitrogens with zero attached hydrogens (tertiary/aromatic N) is 3. The summed E-state index contributed by atoms with van der Waals surface area (Å²) < 4.78 is 1.94. The standard InChI is InChI=1S/C20H27N3O2/c1-13-9-6-7-11-16(13)23-17-12-8-10-15(17)18(21-23)19(24)22(5)14(2)20(3,4)25/h6-7,9,11,14,25H,8,10,12H2,1-5H3/t14-/m1/s1. The number of amides is 1. The molecule has 0 bridgehead atoms. The third-order valence-corrected chi connectivity index (χ3v) is 5.40. The Hall–Kier alpha value is -2.14. The minimum atomic E-state index is -0.966. The number of aryl methyl sites for hydroxylation is 1. The molecule has 1 heterocycles. The molecule has 3 rings (SSSR count). The summed E-state index contributed by atoms with van der Waals surface area (Å²) in [4.78, 5) is 14.7.